The molecule has 1 aliphatic heterocycles. The predicted molar refractivity (Wildman–Crippen MR) is 86.1 cm³/mol. The second-order valence-corrected chi connectivity index (χ2v) is 6.50. The molecule has 0 aromatic heterocycles. The number of hydrogen-bond acceptors (Lipinski definition) is 3. The Morgan fingerprint density at radius 1 is 1.39 bits per heavy atom. The molecule has 0 aliphatic carbocycles. The number of nitrogens with one attached hydrogen (secondary N) is 1. The fourth-order valence-electron chi connectivity index (χ4n) is 2.75. The third kappa shape index (κ3) is 3.64. The zero-order valence-corrected chi connectivity index (χ0v) is 13.8. The molecule has 0 saturated carbocycles. The van der Waals surface area contributed by atoms with Crippen molar-refractivity contribution < 1.29 is 19.4 Å². The molecule has 1 aliphatic rings. The van der Waals surface area contributed by atoms with E-state index in [9.17, 15) is 14.7 Å². The second kappa shape index (κ2) is 6.58. The summed E-state index contributed by atoms with van der Waals surface area (Å²) in [7, 11) is 1.61. The SMILES string of the molecule is COC(C)(CNC(=O)N1CCC(C)(C(=O)O)C1)c1ccccc1. The Morgan fingerprint density at radius 3 is 2.57 bits per heavy atom. The van der Waals surface area contributed by atoms with Crippen molar-refractivity contribution in [2.45, 2.75) is 25.9 Å². The number of methoxy groups -OCH3 is 1. The van der Waals surface area contributed by atoms with Crippen molar-refractivity contribution in [1.29, 1.82) is 0 Å². The van der Waals surface area contributed by atoms with Crippen molar-refractivity contribution in [2.24, 2.45) is 5.41 Å². The largest absolute Gasteiger partial charge is 0.481 e. The number of carbonyl (C=O) groups is 2. The summed E-state index contributed by atoms with van der Waals surface area (Å²) in [6.07, 6.45) is 0.468. The number of ether oxygens (including phenoxy) is 1. The van der Waals surface area contributed by atoms with Gasteiger partial charge in [-0.25, -0.2) is 4.79 Å². The van der Waals surface area contributed by atoms with E-state index in [1.165, 1.54) is 0 Å². The van der Waals surface area contributed by atoms with Crippen molar-refractivity contribution >= 4 is 12.0 Å². The number of hydrogen-bond donors (Lipinski definition) is 2. The van der Waals surface area contributed by atoms with Gasteiger partial charge in [-0.05, 0) is 25.8 Å². The first kappa shape index (κ1) is 17.3. The monoisotopic (exact) mass is 320 g/mol. The van der Waals surface area contributed by atoms with Crippen molar-refractivity contribution in [3.63, 3.8) is 0 Å². The summed E-state index contributed by atoms with van der Waals surface area (Å²) >= 11 is 0. The van der Waals surface area contributed by atoms with E-state index >= 15 is 0 Å². The smallest absolute Gasteiger partial charge is 0.317 e. The first-order valence-corrected chi connectivity index (χ1v) is 7.68. The number of urea groups is 1. The molecule has 1 aromatic rings. The number of aliphatic carboxylic acids is 1. The molecule has 2 N–H and O–H groups in total. The molecule has 0 radical (unpaired) electrons. The molecule has 1 saturated heterocycles. The van der Waals surface area contributed by atoms with Gasteiger partial charge < -0.3 is 20.1 Å². The molecule has 1 fully saturated rings. The summed E-state index contributed by atoms with van der Waals surface area (Å²) in [5.41, 5.74) is -0.520. The fraction of sp³-hybridized carbons (Fsp3) is 0.529. The van der Waals surface area contributed by atoms with E-state index in [1.54, 1.807) is 18.9 Å². The van der Waals surface area contributed by atoms with Crippen LogP contribution in [0.3, 0.4) is 0 Å². The van der Waals surface area contributed by atoms with Crippen LogP contribution in [-0.2, 0) is 15.1 Å². The van der Waals surface area contributed by atoms with Crippen LogP contribution < -0.4 is 5.32 Å². The van der Waals surface area contributed by atoms with E-state index in [0.717, 1.165) is 5.56 Å². The number of nitrogens with zero attached hydrogens (tertiary/aromatic N) is 1. The minimum atomic E-state index is -0.862. The van der Waals surface area contributed by atoms with Crippen LogP contribution in [0.2, 0.25) is 0 Å². The van der Waals surface area contributed by atoms with Crippen molar-refractivity contribution in [3.8, 4) is 0 Å². The van der Waals surface area contributed by atoms with Crippen molar-refractivity contribution in [3.05, 3.63) is 35.9 Å². The van der Waals surface area contributed by atoms with Gasteiger partial charge >= 0.3 is 12.0 Å². The average Bonchev–Trinajstić information content (AvgIpc) is 2.97. The lowest BCUT2D eigenvalue weighted by Gasteiger charge is -2.30. The van der Waals surface area contributed by atoms with E-state index < -0.39 is 17.0 Å². The van der Waals surface area contributed by atoms with Gasteiger partial charge in [0.1, 0.15) is 5.60 Å². The van der Waals surface area contributed by atoms with Gasteiger partial charge in [-0.15, -0.1) is 0 Å². The van der Waals surface area contributed by atoms with Gasteiger partial charge in [0.15, 0.2) is 0 Å². The van der Waals surface area contributed by atoms with E-state index in [1.807, 2.05) is 37.3 Å². The van der Waals surface area contributed by atoms with Gasteiger partial charge in [0.05, 0.1) is 12.0 Å². The Labute approximate surface area is 136 Å². The lowest BCUT2D eigenvalue weighted by atomic mass is 9.90. The standard InChI is InChI=1S/C17H24N2O4/c1-16(14(20)21)9-10-19(12-16)15(22)18-11-17(2,23-3)13-7-5-4-6-8-13/h4-8H,9-12H2,1-3H3,(H,18,22)(H,20,21). The Hall–Kier alpha value is -2.08. The van der Waals surface area contributed by atoms with Crippen molar-refractivity contribution in [1.82, 2.24) is 10.2 Å². The zero-order valence-electron chi connectivity index (χ0n) is 13.8. The van der Waals surface area contributed by atoms with Crippen LogP contribution in [0.15, 0.2) is 30.3 Å². The average molecular weight is 320 g/mol. The highest BCUT2D eigenvalue weighted by molar-refractivity contribution is 5.79. The van der Waals surface area contributed by atoms with Crippen LogP contribution in [0.4, 0.5) is 4.79 Å². The van der Waals surface area contributed by atoms with Crippen LogP contribution in [0, 0.1) is 5.41 Å². The van der Waals surface area contributed by atoms with Crippen LogP contribution >= 0.6 is 0 Å². The minimum absolute atomic E-state index is 0.225. The minimum Gasteiger partial charge on any atom is -0.481 e. The first-order chi connectivity index (χ1) is 10.8. The molecule has 2 unspecified atom stereocenters. The highest BCUT2D eigenvalue weighted by Crippen LogP contribution is 2.30. The second-order valence-electron chi connectivity index (χ2n) is 6.50. The molecule has 126 valence electrons. The van der Waals surface area contributed by atoms with Crippen molar-refractivity contribution in [2.75, 3.05) is 26.7 Å². The quantitative estimate of drug-likeness (QED) is 0.870. The Kier molecular flexibility index (Phi) is 4.94. The molecular weight excluding hydrogens is 296 g/mol. The van der Waals surface area contributed by atoms with E-state index in [4.69, 9.17) is 4.74 Å². The van der Waals surface area contributed by atoms with E-state index in [2.05, 4.69) is 5.32 Å². The highest BCUT2D eigenvalue weighted by Gasteiger charge is 2.42. The fourth-order valence-corrected chi connectivity index (χ4v) is 2.75. The van der Waals surface area contributed by atoms with Gasteiger partial charge in [-0.1, -0.05) is 30.3 Å². The molecule has 2 amide bonds. The number of likely N-dealkylation sites (tertiary alicyclic amines) is 1. The normalized spacial score (nSPS) is 23.3. The summed E-state index contributed by atoms with van der Waals surface area (Å²) in [4.78, 5) is 25.1. The maximum Gasteiger partial charge on any atom is 0.317 e. The number of carbonyl (C=O) groups excluding carboxylic acids is 1. The first-order valence-electron chi connectivity index (χ1n) is 7.68. The molecule has 2 atom stereocenters. The highest BCUT2D eigenvalue weighted by atomic mass is 16.5. The topological polar surface area (TPSA) is 78.9 Å². The number of carboxylic acid groups (broad SMARTS) is 1. The third-order valence-electron chi connectivity index (χ3n) is 4.69. The van der Waals surface area contributed by atoms with Gasteiger partial charge in [-0.3, -0.25) is 4.79 Å². The number of amides is 2. The van der Waals surface area contributed by atoms with E-state index in [-0.39, 0.29) is 12.6 Å². The maximum absolute atomic E-state index is 12.3. The maximum atomic E-state index is 12.3. The lowest BCUT2D eigenvalue weighted by Crippen LogP contribution is -2.46. The molecule has 0 bridgehead atoms. The van der Waals surface area contributed by atoms with Crippen LogP contribution in [-0.4, -0.2) is 48.8 Å². The predicted octanol–water partition coefficient (Wildman–Crippen LogP) is 2.05. The molecule has 23 heavy (non-hydrogen) atoms. The Balaban J connectivity index is 1.97. The number of carboxylic acids is 1. The zero-order chi connectivity index (χ0) is 17.1. The molecule has 0 spiro atoms. The molecule has 2 rings (SSSR count). The lowest BCUT2D eigenvalue weighted by molar-refractivity contribution is -0.147. The summed E-state index contributed by atoms with van der Waals surface area (Å²) < 4.78 is 5.59. The van der Waals surface area contributed by atoms with Gasteiger partial charge in [-0.2, -0.15) is 0 Å². The summed E-state index contributed by atoms with van der Waals surface area (Å²) in [5, 5.41) is 12.1. The third-order valence-corrected chi connectivity index (χ3v) is 4.69. The van der Waals surface area contributed by atoms with Crippen LogP contribution in [0.25, 0.3) is 0 Å². The summed E-state index contributed by atoms with van der Waals surface area (Å²) in [5.74, 6) is -0.862. The van der Waals surface area contributed by atoms with Crippen LogP contribution in [0.1, 0.15) is 25.8 Å². The number of benzene rings is 1. The molecule has 1 heterocycles. The van der Waals surface area contributed by atoms with Crippen LogP contribution in [0.5, 0.6) is 0 Å². The molecular formula is C17H24N2O4. The molecule has 6 heteroatoms. The van der Waals surface area contributed by atoms with E-state index in [0.29, 0.717) is 19.5 Å². The number of rotatable bonds is 5. The Morgan fingerprint density at radius 2 is 2.04 bits per heavy atom. The summed E-state index contributed by atoms with van der Waals surface area (Å²) in [6.45, 7) is 4.57. The molecule has 6 nitrogen and oxygen atoms in total. The summed E-state index contributed by atoms with van der Waals surface area (Å²) in [6, 6.07) is 9.42. The van der Waals surface area contributed by atoms with Gasteiger partial charge in [0.25, 0.3) is 0 Å². The molecule has 1 aromatic carbocycles. The van der Waals surface area contributed by atoms with Gasteiger partial charge in [0.2, 0.25) is 0 Å². The van der Waals surface area contributed by atoms with Gasteiger partial charge in [0, 0.05) is 20.2 Å². The Bertz CT molecular complexity index is 577.